The van der Waals surface area contributed by atoms with Crippen LogP contribution in [0, 0.1) is 0 Å². The van der Waals surface area contributed by atoms with Crippen LogP contribution in [0.4, 0.5) is 0 Å². The normalized spacial score (nSPS) is 14.0. The molecule has 0 aliphatic heterocycles. The van der Waals surface area contributed by atoms with Crippen LogP contribution in [0.3, 0.4) is 0 Å². The molecule has 27 heavy (non-hydrogen) atoms. The van der Waals surface area contributed by atoms with E-state index in [4.69, 9.17) is 11.6 Å². The highest BCUT2D eigenvalue weighted by Gasteiger charge is 2.22. The van der Waals surface area contributed by atoms with Crippen LogP contribution in [0.2, 0.25) is 5.02 Å². The van der Waals surface area contributed by atoms with Crippen molar-refractivity contribution in [2.24, 2.45) is 0 Å². The number of hydrogen-bond donors (Lipinski definition) is 1. The topological polar surface area (TPSA) is 68.9 Å². The van der Waals surface area contributed by atoms with Gasteiger partial charge in [0.1, 0.15) is 6.54 Å². The van der Waals surface area contributed by atoms with E-state index < -0.39 is 0 Å². The van der Waals surface area contributed by atoms with Crippen molar-refractivity contribution in [3.8, 4) is 17.1 Å². The average Bonchev–Trinajstić information content (AvgIpc) is 2.96. The minimum absolute atomic E-state index is 0.0624. The molecule has 7 heteroatoms. The van der Waals surface area contributed by atoms with Crippen LogP contribution in [-0.2, 0) is 11.3 Å². The van der Waals surface area contributed by atoms with Crippen molar-refractivity contribution >= 4 is 17.5 Å². The Labute approximate surface area is 161 Å². The van der Waals surface area contributed by atoms with Gasteiger partial charge in [0.05, 0.1) is 5.69 Å². The number of nitrogens with one attached hydrogen (secondary N) is 1. The Kier molecular flexibility index (Phi) is 4.81. The lowest BCUT2D eigenvalue weighted by Gasteiger charge is -2.26. The van der Waals surface area contributed by atoms with Crippen LogP contribution >= 0.6 is 11.6 Å². The summed E-state index contributed by atoms with van der Waals surface area (Å²) in [6.45, 7) is -0.0624. The predicted molar refractivity (Wildman–Crippen MR) is 104 cm³/mol. The van der Waals surface area contributed by atoms with Gasteiger partial charge in [0.2, 0.25) is 5.91 Å². The SMILES string of the molecule is O=C(Cn1c(-c2ccccc2)nn(-c2ccc(Cl)cc2)c1=O)NC1CCC1. The van der Waals surface area contributed by atoms with Crippen LogP contribution in [0.5, 0.6) is 0 Å². The Morgan fingerprint density at radius 2 is 1.81 bits per heavy atom. The number of nitrogens with zero attached hydrogens (tertiary/aromatic N) is 3. The van der Waals surface area contributed by atoms with E-state index in [1.165, 1.54) is 9.25 Å². The van der Waals surface area contributed by atoms with E-state index in [9.17, 15) is 9.59 Å². The van der Waals surface area contributed by atoms with Crippen LogP contribution < -0.4 is 11.0 Å². The molecule has 3 aromatic rings. The third kappa shape index (κ3) is 3.66. The van der Waals surface area contributed by atoms with E-state index in [1.807, 2.05) is 30.3 Å². The smallest absolute Gasteiger partial charge is 0.351 e. The van der Waals surface area contributed by atoms with Gasteiger partial charge in [0.25, 0.3) is 0 Å². The molecule has 0 bridgehead atoms. The lowest BCUT2D eigenvalue weighted by molar-refractivity contribution is -0.122. The Bertz CT molecular complexity index is 1000. The highest BCUT2D eigenvalue weighted by Crippen LogP contribution is 2.19. The van der Waals surface area contributed by atoms with Gasteiger partial charge in [-0.25, -0.2) is 4.79 Å². The van der Waals surface area contributed by atoms with Crippen molar-refractivity contribution in [2.45, 2.75) is 31.8 Å². The summed E-state index contributed by atoms with van der Waals surface area (Å²) >= 11 is 5.94. The van der Waals surface area contributed by atoms with Gasteiger partial charge in [-0.3, -0.25) is 9.36 Å². The molecular weight excluding hydrogens is 364 g/mol. The number of benzene rings is 2. The summed E-state index contributed by atoms with van der Waals surface area (Å²) < 4.78 is 2.72. The molecule has 6 nitrogen and oxygen atoms in total. The minimum atomic E-state index is -0.361. The first-order valence-electron chi connectivity index (χ1n) is 8.92. The fourth-order valence-electron chi connectivity index (χ4n) is 3.06. The van der Waals surface area contributed by atoms with Gasteiger partial charge in [-0.15, -0.1) is 5.10 Å². The molecule has 1 aromatic heterocycles. The van der Waals surface area contributed by atoms with Crippen molar-refractivity contribution in [2.75, 3.05) is 0 Å². The molecule has 0 spiro atoms. The Morgan fingerprint density at radius 1 is 1.11 bits per heavy atom. The standard InChI is InChI=1S/C20H19ClN4O2/c21-15-9-11-17(12-10-15)25-20(27)24(13-18(26)22-16-7-4-8-16)19(23-25)14-5-2-1-3-6-14/h1-3,5-6,9-12,16H,4,7-8,13H2,(H,22,26). The molecule has 1 aliphatic carbocycles. The lowest BCUT2D eigenvalue weighted by atomic mass is 9.93. The second-order valence-electron chi connectivity index (χ2n) is 6.64. The molecule has 1 aliphatic rings. The van der Waals surface area contributed by atoms with Gasteiger partial charge in [-0.1, -0.05) is 41.9 Å². The zero-order chi connectivity index (χ0) is 18.8. The largest absolute Gasteiger partial charge is 0.352 e. The van der Waals surface area contributed by atoms with Crippen molar-refractivity contribution in [3.05, 3.63) is 70.1 Å². The van der Waals surface area contributed by atoms with Crippen molar-refractivity contribution in [3.63, 3.8) is 0 Å². The number of rotatable bonds is 5. The van der Waals surface area contributed by atoms with E-state index in [2.05, 4.69) is 10.4 Å². The van der Waals surface area contributed by atoms with Crippen molar-refractivity contribution < 1.29 is 4.79 Å². The zero-order valence-corrected chi connectivity index (χ0v) is 15.4. The quantitative estimate of drug-likeness (QED) is 0.737. The molecular formula is C20H19ClN4O2. The first kappa shape index (κ1) is 17.5. The average molecular weight is 383 g/mol. The molecule has 1 heterocycles. The number of amides is 1. The van der Waals surface area contributed by atoms with Gasteiger partial charge in [0, 0.05) is 16.6 Å². The van der Waals surface area contributed by atoms with Gasteiger partial charge >= 0.3 is 5.69 Å². The first-order valence-corrected chi connectivity index (χ1v) is 9.30. The summed E-state index contributed by atoms with van der Waals surface area (Å²) in [5.74, 6) is 0.286. The molecule has 0 atom stereocenters. The second-order valence-corrected chi connectivity index (χ2v) is 7.08. The number of halogens is 1. The van der Waals surface area contributed by atoms with Crippen molar-refractivity contribution in [1.82, 2.24) is 19.7 Å². The third-order valence-corrected chi connectivity index (χ3v) is 4.99. The van der Waals surface area contributed by atoms with E-state index in [1.54, 1.807) is 24.3 Å². The molecule has 0 saturated heterocycles. The second kappa shape index (κ2) is 7.40. The van der Waals surface area contributed by atoms with Crippen LogP contribution in [0.1, 0.15) is 19.3 Å². The molecule has 1 N–H and O–H groups in total. The number of aromatic nitrogens is 3. The third-order valence-electron chi connectivity index (χ3n) is 4.74. The summed E-state index contributed by atoms with van der Waals surface area (Å²) in [6.07, 6.45) is 3.13. The first-order chi connectivity index (χ1) is 13.1. The highest BCUT2D eigenvalue weighted by molar-refractivity contribution is 6.30. The summed E-state index contributed by atoms with van der Waals surface area (Å²) in [4.78, 5) is 25.4. The summed E-state index contributed by atoms with van der Waals surface area (Å²) in [6, 6.07) is 16.5. The molecule has 138 valence electrons. The Hall–Kier alpha value is -2.86. The van der Waals surface area contributed by atoms with E-state index in [0.717, 1.165) is 24.8 Å². The summed E-state index contributed by atoms with van der Waals surface area (Å²) in [5, 5.41) is 8.04. The fraction of sp³-hybridized carbons (Fsp3) is 0.250. The van der Waals surface area contributed by atoms with Gasteiger partial charge in [0.15, 0.2) is 5.82 Å². The van der Waals surface area contributed by atoms with Gasteiger partial charge in [-0.2, -0.15) is 4.68 Å². The molecule has 1 saturated carbocycles. The minimum Gasteiger partial charge on any atom is -0.352 e. The number of carbonyl (C=O) groups excluding carboxylic acids is 1. The predicted octanol–water partition coefficient (Wildman–Crippen LogP) is 3.02. The summed E-state index contributed by atoms with van der Waals surface area (Å²) in [7, 11) is 0. The molecule has 0 radical (unpaired) electrons. The van der Waals surface area contributed by atoms with Crippen LogP contribution in [-0.4, -0.2) is 26.3 Å². The fourth-order valence-corrected chi connectivity index (χ4v) is 3.19. The van der Waals surface area contributed by atoms with Gasteiger partial charge < -0.3 is 5.32 Å². The maximum absolute atomic E-state index is 13.0. The molecule has 4 rings (SSSR count). The van der Waals surface area contributed by atoms with E-state index in [0.29, 0.717) is 16.5 Å². The molecule has 1 amide bonds. The van der Waals surface area contributed by atoms with E-state index in [-0.39, 0.29) is 24.2 Å². The summed E-state index contributed by atoms with van der Waals surface area (Å²) in [5.41, 5.74) is 1.01. The van der Waals surface area contributed by atoms with Gasteiger partial charge in [-0.05, 0) is 43.5 Å². The number of carbonyl (C=O) groups is 1. The maximum Gasteiger partial charge on any atom is 0.351 e. The van der Waals surface area contributed by atoms with Crippen molar-refractivity contribution in [1.29, 1.82) is 0 Å². The van der Waals surface area contributed by atoms with Crippen LogP contribution in [0.15, 0.2) is 59.4 Å². The van der Waals surface area contributed by atoms with Crippen LogP contribution in [0.25, 0.3) is 17.1 Å². The Balaban J connectivity index is 1.74. The lowest BCUT2D eigenvalue weighted by Crippen LogP contribution is -2.42. The monoisotopic (exact) mass is 382 g/mol. The Morgan fingerprint density at radius 3 is 2.44 bits per heavy atom. The zero-order valence-electron chi connectivity index (χ0n) is 14.6. The molecule has 0 unspecified atom stereocenters. The highest BCUT2D eigenvalue weighted by atomic mass is 35.5. The number of hydrogen-bond acceptors (Lipinski definition) is 3. The molecule has 1 fully saturated rings. The molecule has 2 aromatic carbocycles. The maximum atomic E-state index is 13.0. The van der Waals surface area contributed by atoms with E-state index >= 15 is 0 Å².